The smallest absolute Gasteiger partial charge is 0.388 e. The standard InChI is InChI=1S/C24H19F3N6O3S/c1-33-11-9-23(35,21(33)34)15-5-2-4-14(12-15)20-29-17(13-37-20)16-8-10-28-22(30-16)32-18-6-3-7-19(31-18)36-24(25,26)27/h2-8,10,12-13,35H,9,11H2,1H3,(H,28,30,31,32)/t23-/m1/s1. The molecule has 4 aromatic rings. The number of alkyl halides is 3. The molecule has 1 amide bonds. The zero-order chi connectivity index (χ0) is 26.2. The number of carbonyl (C=O) groups is 1. The second kappa shape index (κ2) is 9.41. The molecule has 1 aliphatic heterocycles. The molecule has 0 saturated carbocycles. The number of carbonyl (C=O) groups excluding carboxylic acids is 1. The van der Waals surface area contributed by atoms with Crippen molar-refractivity contribution in [3.63, 3.8) is 0 Å². The van der Waals surface area contributed by atoms with Gasteiger partial charge in [-0.1, -0.05) is 24.3 Å². The summed E-state index contributed by atoms with van der Waals surface area (Å²) < 4.78 is 41.3. The highest BCUT2D eigenvalue weighted by atomic mass is 32.1. The number of anilines is 2. The van der Waals surface area contributed by atoms with Crippen molar-refractivity contribution in [2.75, 3.05) is 18.9 Å². The molecule has 190 valence electrons. The minimum Gasteiger partial charge on any atom is -0.388 e. The van der Waals surface area contributed by atoms with Gasteiger partial charge in [-0.2, -0.15) is 4.98 Å². The van der Waals surface area contributed by atoms with Gasteiger partial charge in [0, 0.05) is 43.2 Å². The average Bonchev–Trinajstić information content (AvgIpc) is 3.46. The molecule has 1 aliphatic rings. The van der Waals surface area contributed by atoms with Crippen LogP contribution in [-0.4, -0.2) is 55.8 Å². The molecular weight excluding hydrogens is 509 g/mol. The van der Waals surface area contributed by atoms with Crippen LogP contribution in [0.25, 0.3) is 22.0 Å². The van der Waals surface area contributed by atoms with Crippen molar-refractivity contribution < 1.29 is 27.8 Å². The van der Waals surface area contributed by atoms with E-state index in [0.717, 1.165) is 11.6 Å². The Morgan fingerprint density at radius 1 is 1.11 bits per heavy atom. The molecule has 1 saturated heterocycles. The van der Waals surface area contributed by atoms with Crippen molar-refractivity contribution in [1.82, 2.24) is 24.8 Å². The Balaban J connectivity index is 1.36. The summed E-state index contributed by atoms with van der Waals surface area (Å²) in [6.07, 6.45) is -3.06. The normalized spacial score (nSPS) is 17.8. The number of rotatable bonds is 6. The fourth-order valence-corrected chi connectivity index (χ4v) is 4.70. The van der Waals surface area contributed by atoms with E-state index in [0.29, 0.717) is 34.9 Å². The van der Waals surface area contributed by atoms with E-state index in [1.165, 1.54) is 34.6 Å². The van der Waals surface area contributed by atoms with E-state index in [1.54, 1.807) is 36.7 Å². The number of likely N-dealkylation sites (tertiary alicyclic amines) is 1. The van der Waals surface area contributed by atoms with Crippen LogP contribution >= 0.6 is 11.3 Å². The lowest BCUT2D eigenvalue weighted by Crippen LogP contribution is -2.36. The molecule has 4 heterocycles. The Kier molecular flexibility index (Phi) is 6.25. The summed E-state index contributed by atoms with van der Waals surface area (Å²) in [7, 11) is 1.66. The maximum absolute atomic E-state index is 12.5. The van der Waals surface area contributed by atoms with Crippen LogP contribution < -0.4 is 10.1 Å². The molecule has 3 aromatic heterocycles. The highest BCUT2D eigenvalue weighted by Crippen LogP contribution is 2.36. The van der Waals surface area contributed by atoms with Gasteiger partial charge in [-0.25, -0.2) is 15.0 Å². The Morgan fingerprint density at radius 3 is 2.68 bits per heavy atom. The van der Waals surface area contributed by atoms with Crippen LogP contribution in [0.4, 0.5) is 24.9 Å². The van der Waals surface area contributed by atoms with E-state index < -0.39 is 17.8 Å². The molecule has 5 rings (SSSR count). The lowest BCUT2D eigenvalue weighted by atomic mass is 9.91. The fraction of sp³-hybridized carbons (Fsp3) is 0.208. The average molecular weight is 529 g/mol. The van der Waals surface area contributed by atoms with Gasteiger partial charge in [0.2, 0.25) is 11.8 Å². The number of nitrogens with one attached hydrogen (secondary N) is 1. The molecule has 1 aromatic carbocycles. The van der Waals surface area contributed by atoms with Crippen LogP contribution in [0.15, 0.2) is 60.1 Å². The van der Waals surface area contributed by atoms with E-state index in [-0.39, 0.29) is 17.7 Å². The molecule has 1 atom stereocenters. The van der Waals surface area contributed by atoms with Crippen molar-refractivity contribution >= 4 is 29.0 Å². The number of hydrogen-bond donors (Lipinski definition) is 2. The number of hydrogen-bond acceptors (Lipinski definition) is 9. The Hall–Kier alpha value is -4.10. The van der Waals surface area contributed by atoms with Crippen LogP contribution in [0.1, 0.15) is 12.0 Å². The molecule has 0 spiro atoms. The number of benzene rings is 1. The van der Waals surface area contributed by atoms with Crippen molar-refractivity contribution in [2.24, 2.45) is 0 Å². The predicted octanol–water partition coefficient (Wildman–Crippen LogP) is 4.35. The summed E-state index contributed by atoms with van der Waals surface area (Å²) in [5, 5.41) is 16.2. The third kappa shape index (κ3) is 5.22. The molecule has 37 heavy (non-hydrogen) atoms. The van der Waals surface area contributed by atoms with Crippen LogP contribution in [-0.2, 0) is 10.4 Å². The Bertz CT molecular complexity index is 1460. The van der Waals surface area contributed by atoms with Crippen LogP contribution in [0.5, 0.6) is 5.88 Å². The highest BCUT2D eigenvalue weighted by molar-refractivity contribution is 7.13. The number of ether oxygens (including phenoxy) is 1. The minimum absolute atomic E-state index is 0.0692. The monoisotopic (exact) mass is 528 g/mol. The SMILES string of the molecule is CN1CC[C@@](O)(c2cccc(-c3nc(-c4ccnc(Nc5cccc(OC(F)(F)F)n5)n4)cs3)c2)C1=O. The van der Waals surface area contributed by atoms with Gasteiger partial charge in [0.15, 0.2) is 5.60 Å². The molecule has 0 unspecified atom stereocenters. The van der Waals surface area contributed by atoms with Gasteiger partial charge in [0.1, 0.15) is 16.5 Å². The highest BCUT2D eigenvalue weighted by Gasteiger charge is 2.45. The summed E-state index contributed by atoms with van der Waals surface area (Å²) in [6, 6.07) is 12.6. The number of amides is 1. The maximum atomic E-state index is 12.5. The van der Waals surface area contributed by atoms with E-state index in [9.17, 15) is 23.1 Å². The number of likely N-dealkylation sites (N-methyl/N-ethyl adjacent to an activating group) is 1. The van der Waals surface area contributed by atoms with Crippen LogP contribution in [0.3, 0.4) is 0 Å². The first-order chi connectivity index (χ1) is 17.6. The van der Waals surface area contributed by atoms with Crippen molar-refractivity contribution in [3.05, 3.63) is 65.7 Å². The zero-order valence-electron chi connectivity index (χ0n) is 19.2. The second-order valence-electron chi connectivity index (χ2n) is 8.26. The number of pyridine rings is 1. The van der Waals surface area contributed by atoms with Gasteiger partial charge in [-0.3, -0.25) is 4.79 Å². The quantitative estimate of drug-likeness (QED) is 0.380. The molecule has 0 bridgehead atoms. The molecule has 9 nitrogen and oxygen atoms in total. The summed E-state index contributed by atoms with van der Waals surface area (Å²) >= 11 is 1.36. The summed E-state index contributed by atoms with van der Waals surface area (Å²) in [5.41, 5.74) is 0.712. The van der Waals surface area contributed by atoms with Crippen molar-refractivity contribution in [2.45, 2.75) is 18.4 Å². The minimum atomic E-state index is -4.86. The number of nitrogens with zero attached hydrogens (tertiary/aromatic N) is 5. The van der Waals surface area contributed by atoms with E-state index in [4.69, 9.17) is 0 Å². The van der Waals surface area contributed by atoms with E-state index in [2.05, 4.69) is 30.0 Å². The largest absolute Gasteiger partial charge is 0.574 e. The molecule has 1 fully saturated rings. The first-order valence-corrected chi connectivity index (χ1v) is 11.9. The van der Waals surface area contributed by atoms with Gasteiger partial charge in [-0.15, -0.1) is 24.5 Å². The van der Waals surface area contributed by atoms with Gasteiger partial charge >= 0.3 is 6.36 Å². The van der Waals surface area contributed by atoms with Gasteiger partial charge in [0.05, 0.1) is 5.69 Å². The Labute approximate surface area is 212 Å². The van der Waals surface area contributed by atoms with Crippen molar-refractivity contribution in [3.8, 4) is 27.8 Å². The topological polar surface area (TPSA) is 113 Å². The third-order valence-corrected chi connectivity index (χ3v) is 6.59. The first kappa shape index (κ1) is 24.6. The first-order valence-electron chi connectivity index (χ1n) is 11.0. The maximum Gasteiger partial charge on any atom is 0.574 e. The number of thiazole rings is 1. The van der Waals surface area contributed by atoms with Gasteiger partial charge in [-0.05, 0) is 23.8 Å². The van der Waals surface area contributed by atoms with Crippen LogP contribution in [0.2, 0.25) is 0 Å². The summed E-state index contributed by atoms with van der Waals surface area (Å²) in [4.78, 5) is 30.9. The lowest BCUT2D eigenvalue weighted by Gasteiger charge is -2.21. The fourth-order valence-electron chi connectivity index (χ4n) is 3.89. The van der Waals surface area contributed by atoms with Gasteiger partial charge < -0.3 is 20.1 Å². The molecule has 2 N–H and O–H groups in total. The van der Waals surface area contributed by atoms with E-state index in [1.807, 2.05) is 6.07 Å². The molecule has 0 aliphatic carbocycles. The number of aliphatic hydroxyl groups is 1. The third-order valence-electron chi connectivity index (χ3n) is 5.70. The lowest BCUT2D eigenvalue weighted by molar-refractivity contribution is -0.276. The van der Waals surface area contributed by atoms with Gasteiger partial charge in [0.25, 0.3) is 5.91 Å². The summed E-state index contributed by atoms with van der Waals surface area (Å²) in [6.45, 7) is 0.472. The molecule has 0 radical (unpaired) electrons. The molecular formula is C24H19F3N6O3S. The molecule has 13 heteroatoms. The predicted molar refractivity (Wildman–Crippen MR) is 129 cm³/mol. The zero-order valence-corrected chi connectivity index (χ0v) is 20.0. The summed E-state index contributed by atoms with van der Waals surface area (Å²) in [5.74, 6) is -0.775. The van der Waals surface area contributed by atoms with Crippen molar-refractivity contribution in [1.29, 1.82) is 0 Å². The number of halogens is 3. The Morgan fingerprint density at radius 2 is 1.92 bits per heavy atom. The van der Waals surface area contributed by atoms with Crippen LogP contribution in [0, 0.1) is 0 Å². The van der Waals surface area contributed by atoms with E-state index >= 15 is 0 Å². The number of aromatic nitrogens is 4. The second-order valence-corrected chi connectivity index (χ2v) is 9.11.